The summed E-state index contributed by atoms with van der Waals surface area (Å²) >= 11 is 0. The minimum Gasteiger partial charge on any atom is -0.296 e. The standard InChI is InChI=1S/C44H34N2/c1-4-41-45-38-22-12-14-24-40(38)46(41)39-23-13-10-20-35(39)43-33-18-7-5-16-31(33)42(32-17-6-8-19-34(32)43)28-25-26-30-29-15-9-11-21-36(29)44(2,3)37(30)27-28/h5-27H,4H2,1-3H3/i2D3,3D3,5D,6D,7D,8D,16D,17D,18D,19D. The lowest BCUT2D eigenvalue weighted by Crippen LogP contribution is -2.14. The summed E-state index contributed by atoms with van der Waals surface area (Å²) in [7, 11) is 0. The topological polar surface area (TPSA) is 17.8 Å². The van der Waals surface area contributed by atoms with Crippen LogP contribution < -0.4 is 0 Å². The lowest BCUT2D eigenvalue weighted by molar-refractivity contribution is 0.660. The van der Waals surface area contributed by atoms with Gasteiger partial charge in [0.1, 0.15) is 5.82 Å². The Hall–Kier alpha value is -5.47. The van der Waals surface area contributed by atoms with Crippen LogP contribution in [0.4, 0.5) is 0 Å². The molecule has 1 aliphatic rings. The molecule has 2 heteroatoms. The third-order valence-corrected chi connectivity index (χ3v) is 9.07. The second kappa shape index (κ2) is 10.0. The number of hydrogen-bond donors (Lipinski definition) is 0. The fourth-order valence-corrected chi connectivity index (χ4v) is 7.08. The van der Waals surface area contributed by atoms with Crippen LogP contribution in [0.5, 0.6) is 0 Å². The number of aromatic nitrogens is 2. The molecule has 220 valence electrons. The van der Waals surface area contributed by atoms with Crippen LogP contribution in [0.2, 0.25) is 0 Å². The molecule has 0 fully saturated rings. The summed E-state index contributed by atoms with van der Waals surface area (Å²) in [6.07, 6.45) is 0.513. The lowest BCUT2D eigenvalue weighted by Gasteiger charge is -2.23. The van der Waals surface area contributed by atoms with E-state index in [0.29, 0.717) is 40.1 Å². The maximum atomic E-state index is 9.51. The van der Waals surface area contributed by atoms with Crippen molar-refractivity contribution in [2.24, 2.45) is 0 Å². The summed E-state index contributed by atoms with van der Waals surface area (Å²) in [5, 5.41) is -0.244. The van der Waals surface area contributed by atoms with Crippen molar-refractivity contribution in [3.8, 4) is 39.1 Å². The number of rotatable bonds is 4. The highest BCUT2D eigenvalue weighted by Crippen LogP contribution is 2.51. The molecule has 1 heterocycles. The Bertz CT molecular complexity index is 3070. The van der Waals surface area contributed by atoms with Crippen LogP contribution in [0.15, 0.2) is 139 Å². The average Bonchev–Trinajstić information content (AvgIpc) is 3.76. The number of imidazole rings is 1. The highest BCUT2D eigenvalue weighted by Gasteiger charge is 2.35. The van der Waals surface area contributed by atoms with Gasteiger partial charge >= 0.3 is 0 Å². The molecule has 0 saturated carbocycles. The van der Waals surface area contributed by atoms with E-state index < -0.39 is 67.5 Å². The first-order chi connectivity index (χ1) is 28.4. The second-order valence-corrected chi connectivity index (χ2v) is 11.5. The monoisotopic (exact) mass is 604 g/mol. The van der Waals surface area contributed by atoms with Gasteiger partial charge in [-0.05, 0) is 84.8 Å². The number of aryl methyl sites for hydroxylation is 1. The number of nitrogens with zero attached hydrogens (tertiary/aromatic N) is 2. The Labute approximate surface area is 289 Å². The van der Waals surface area contributed by atoms with Crippen molar-refractivity contribution in [3.05, 3.63) is 156 Å². The zero-order valence-electron chi connectivity index (χ0n) is 38.8. The Morgan fingerprint density at radius 2 is 1.26 bits per heavy atom. The predicted octanol–water partition coefficient (Wildman–Crippen LogP) is 11.5. The van der Waals surface area contributed by atoms with Gasteiger partial charge in [-0.1, -0.05) is 136 Å². The Morgan fingerprint density at radius 3 is 1.98 bits per heavy atom. The molecule has 0 radical (unpaired) electrons. The quantitative estimate of drug-likeness (QED) is 0.183. The van der Waals surface area contributed by atoms with E-state index in [1.165, 1.54) is 12.1 Å². The van der Waals surface area contributed by atoms with E-state index in [1.54, 1.807) is 48.5 Å². The fourth-order valence-electron chi connectivity index (χ4n) is 7.08. The summed E-state index contributed by atoms with van der Waals surface area (Å²) in [4.78, 5) is 4.86. The normalized spacial score (nSPS) is 18.3. The van der Waals surface area contributed by atoms with Crippen molar-refractivity contribution in [1.29, 1.82) is 0 Å². The van der Waals surface area contributed by atoms with Gasteiger partial charge in [-0.15, -0.1) is 0 Å². The van der Waals surface area contributed by atoms with Gasteiger partial charge in [-0.25, -0.2) is 4.98 Å². The summed E-state index contributed by atoms with van der Waals surface area (Å²) < 4.78 is 128. The minimum absolute atomic E-state index is 0.0219. The largest absolute Gasteiger partial charge is 0.296 e. The summed E-state index contributed by atoms with van der Waals surface area (Å²) in [6, 6.07) is 21.3. The third kappa shape index (κ3) is 3.74. The molecule has 0 aliphatic heterocycles. The smallest absolute Gasteiger partial charge is 0.114 e. The first-order valence-corrected chi connectivity index (χ1v) is 15.1. The van der Waals surface area contributed by atoms with Crippen LogP contribution in [0.25, 0.3) is 71.6 Å². The molecule has 0 unspecified atom stereocenters. The van der Waals surface area contributed by atoms with Gasteiger partial charge in [0, 0.05) is 25.6 Å². The van der Waals surface area contributed by atoms with Crippen LogP contribution in [0.3, 0.4) is 0 Å². The number of benzene rings is 7. The average molecular weight is 605 g/mol. The van der Waals surface area contributed by atoms with Crippen LogP contribution >= 0.6 is 0 Å². The van der Waals surface area contributed by atoms with Crippen molar-refractivity contribution in [3.63, 3.8) is 0 Å². The Balaban J connectivity index is 1.52. The van der Waals surface area contributed by atoms with Crippen LogP contribution in [0.1, 0.15) is 56.8 Å². The molecule has 0 atom stereocenters. The van der Waals surface area contributed by atoms with Crippen molar-refractivity contribution in [2.45, 2.75) is 32.5 Å². The molecule has 7 aromatic carbocycles. The van der Waals surface area contributed by atoms with Crippen LogP contribution in [-0.2, 0) is 11.8 Å². The van der Waals surface area contributed by atoms with E-state index in [1.807, 2.05) is 41.8 Å². The molecule has 0 N–H and O–H groups in total. The van der Waals surface area contributed by atoms with Gasteiger partial charge in [-0.3, -0.25) is 4.57 Å². The number of para-hydroxylation sites is 3. The first kappa shape index (κ1) is 16.2. The zero-order valence-corrected chi connectivity index (χ0v) is 24.8. The summed E-state index contributed by atoms with van der Waals surface area (Å²) in [6.45, 7) is -4.27. The van der Waals surface area contributed by atoms with E-state index in [0.717, 1.165) is 5.52 Å². The van der Waals surface area contributed by atoms with Crippen molar-refractivity contribution < 1.29 is 19.2 Å². The second-order valence-electron chi connectivity index (χ2n) is 11.5. The molecule has 9 rings (SSSR count). The highest BCUT2D eigenvalue weighted by molar-refractivity contribution is 6.22. The molecular formula is C44H34N2. The van der Waals surface area contributed by atoms with Gasteiger partial charge in [0.25, 0.3) is 0 Å². The Kier molecular flexibility index (Phi) is 3.53. The van der Waals surface area contributed by atoms with Gasteiger partial charge in [0.2, 0.25) is 0 Å². The third-order valence-electron chi connectivity index (χ3n) is 9.07. The molecule has 0 bridgehead atoms. The zero-order chi connectivity index (χ0) is 43.0. The number of hydrogen-bond acceptors (Lipinski definition) is 1. The molecule has 46 heavy (non-hydrogen) atoms. The summed E-state index contributed by atoms with van der Waals surface area (Å²) in [5.41, 5.74) is 0.904. The predicted molar refractivity (Wildman–Crippen MR) is 194 cm³/mol. The molecular weight excluding hydrogens is 556 g/mol. The van der Waals surface area contributed by atoms with Gasteiger partial charge in [-0.2, -0.15) is 0 Å². The molecule has 0 saturated heterocycles. The fraction of sp³-hybridized carbons (Fsp3) is 0.114. The lowest BCUT2D eigenvalue weighted by atomic mass is 9.80. The minimum atomic E-state index is -3.11. The maximum Gasteiger partial charge on any atom is 0.114 e. The van der Waals surface area contributed by atoms with Crippen LogP contribution in [0, 0.1) is 0 Å². The van der Waals surface area contributed by atoms with E-state index in [4.69, 9.17) is 18.7 Å². The van der Waals surface area contributed by atoms with E-state index in [9.17, 15) is 5.48 Å². The maximum absolute atomic E-state index is 9.51. The molecule has 8 aromatic rings. The first-order valence-electron chi connectivity index (χ1n) is 22.1. The van der Waals surface area contributed by atoms with Crippen molar-refractivity contribution >= 4 is 32.6 Å². The summed E-state index contributed by atoms with van der Waals surface area (Å²) in [5.74, 6) is 0.684. The van der Waals surface area contributed by atoms with E-state index >= 15 is 0 Å². The van der Waals surface area contributed by atoms with Crippen molar-refractivity contribution in [1.82, 2.24) is 9.55 Å². The molecule has 0 amide bonds. The van der Waals surface area contributed by atoms with Crippen molar-refractivity contribution in [2.75, 3.05) is 0 Å². The number of fused-ring (bicyclic) bond motifs is 6. The Morgan fingerprint density at radius 1 is 0.652 bits per heavy atom. The van der Waals surface area contributed by atoms with Gasteiger partial charge < -0.3 is 0 Å². The van der Waals surface area contributed by atoms with Gasteiger partial charge in [0.05, 0.1) is 27.7 Å². The molecule has 1 aromatic heterocycles. The molecule has 1 aliphatic carbocycles. The van der Waals surface area contributed by atoms with E-state index in [2.05, 4.69) is 0 Å². The highest BCUT2D eigenvalue weighted by atomic mass is 15.1. The van der Waals surface area contributed by atoms with Gasteiger partial charge in [0.15, 0.2) is 0 Å². The van der Waals surface area contributed by atoms with Crippen LogP contribution in [-0.4, -0.2) is 9.55 Å². The molecule has 0 spiro atoms. The molecule has 2 nitrogen and oxygen atoms in total. The van der Waals surface area contributed by atoms with E-state index in [-0.39, 0.29) is 49.4 Å². The SMILES string of the molecule is [2H]c1c([2H])c([2H])c2c(-c3ccccc3-n3c(CC)nc4ccccc43)c3c([2H])c([2H])c([2H])c([2H])c3c(-c3ccc4c(c3)C(C([2H])([2H])[2H])(C([2H])([2H])[2H])c3ccccc3-4)c2c1[2H].